The molecule has 1 amide bonds. The second-order valence-electron chi connectivity index (χ2n) is 5.33. The summed E-state index contributed by atoms with van der Waals surface area (Å²) in [6, 6.07) is 0.222. The SMILES string of the molecule is CC(N)CCCC(C)C(=O)NCC(C)c1nccs1. The molecule has 1 aromatic rings. The Bertz CT molecular complexity index is 365. The molecule has 0 aliphatic carbocycles. The van der Waals surface area contributed by atoms with Crippen molar-refractivity contribution in [2.75, 3.05) is 6.54 Å². The number of aromatic nitrogens is 1. The van der Waals surface area contributed by atoms with E-state index in [2.05, 4.69) is 17.2 Å². The van der Waals surface area contributed by atoms with Gasteiger partial charge in [-0.25, -0.2) is 4.98 Å². The minimum Gasteiger partial charge on any atom is -0.355 e. The maximum atomic E-state index is 11.9. The molecule has 1 aromatic heterocycles. The molecule has 3 atom stereocenters. The second-order valence-corrected chi connectivity index (χ2v) is 6.25. The minimum absolute atomic E-state index is 0.0576. The van der Waals surface area contributed by atoms with E-state index >= 15 is 0 Å². The molecule has 0 spiro atoms. The molecule has 0 aliphatic heterocycles. The number of thiazole rings is 1. The van der Waals surface area contributed by atoms with Crippen LogP contribution in [0.2, 0.25) is 0 Å². The molecule has 1 rings (SSSR count). The van der Waals surface area contributed by atoms with Crippen molar-refractivity contribution >= 4 is 17.2 Å². The number of carbonyl (C=O) groups is 1. The second kappa shape index (κ2) is 8.27. The fraction of sp³-hybridized carbons (Fsp3) is 0.714. The predicted octanol–water partition coefficient (Wildman–Crippen LogP) is 2.52. The molecular formula is C14H25N3OS. The van der Waals surface area contributed by atoms with E-state index in [1.807, 2.05) is 19.2 Å². The van der Waals surface area contributed by atoms with E-state index in [1.54, 1.807) is 17.5 Å². The van der Waals surface area contributed by atoms with Gasteiger partial charge in [0.05, 0.1) is 5.01 Å². The van der Waals surface area contributed by atoms with Gasteiger partial charge < -0.3 is 11.1 Å². The van der Waals surface area contributed by atoms with Gasteiger partial charge in [0.2, 0.25) is 5.91 Å². The zero-order valence-corrected chi connectivity index (χ0v) is 12.9. The van der Waals surface area contributed by atoms with E-state index < -0.39 is 0 Å². The summed E-state index contributed by atoms with van der Waals surface area (Å²) in [5.74, 6) is 0.468. The number of rotatable bonds is 8. The number of carbonyl (C=O) groups excluding carboxylic acids is 1. The first-order valence-corrected chi connectivity index (χ1v) is 7.81. The van der Waals surface area contributed by atoms with Crippen molar-refractivity contribution in [1.29, 1.82) is 0 Å². The fourth-order valence-electron chi connectivity index (χ4n) is 1.87. The Morgan fingerprint density at radius 2 is 2.16 bits per heavy atom. The fourth-order valence-corrected chi connectivity index (χ4v) is 2.57. The number of hydrogen-bond acceptors (Lipinski definition) is 4. The molecule has 19 heavy (non-hydrogen) atoms. The molecular weight excluding hydrogens is 258 g/mol. The van der Waals surface area contributed by atoms with Crippen LogP contribution >= 0.6 is 11.3 Å². The molecule has 0 radical (unpaired) electrons. The average Bonchev–Trinajstić information content (AvgIpc) is 2.88. The topological polar surface area (TPSA) is 68.0 Å². The van der Waals surface area contributed by atoms with Crippen molar-refractivity contribution in [3.8, 4) is 0 Å². The van der Waals surface area contributed by atoms with E-state index in [1.165, 1.54) is 0 Å². The van der Waals surface area contributed by atoms with E-state index in [0.717, 1.165) is 24.3 Å². The van der Waals surface area contributed by atoms with Crippen LogP contribution in [0.15, 0.2) is 11.6 Å². The number of amides is 1. The van der Waals surface area contributed by atoms with E-state index in [9.17, 15) is 4.79 Å². The number of hydrogen-bond donors (Lipinski definition) is 2. The molecule has 0 bridgehead atoms. The highest BCUT2D eigenvalue weighted by Crippen LogP contribution is 2.17. The molecule has 0 saturated heterocycles. The summed E-state index contributed by atoms with van der Waals surface area (Å²) in [7, 11) is 0. The summed E-state index contributed by atoms with van der Waals surface area (Å²) in [6.07, 6.45) is 4.69. The first-order valence-electron chi connectivity index (χ1n) is 6.93. The monoisotopic (exact) mass is 283 g/mol. The number of nitrogens with one attached hydrogen (secondary N) is 1. The summed E-state index contributed by atoms with van der Waals surface area (Å²) in [5, 5.41) is 6.04. The Morgan fingerprint density at radius 1 is 1.42 bits per heavy atom. The largest absolute Gasteiger partial charge is 0.355 e. The Labute approximate surface area is 119 Å². The zero-order valence-electron chi connectivity index (χ0n) is 12.1. The van der Waals surface area contributed by atoms with E-state index in [0.29, 0.717) is 6.54 Å². The lowest BCUT2D eigenvalue weighted by atomic mass is 10.0. The first kappa shape index (κ1) is 16.1. The Hall–Kier alpha value is -0.940. The lowest BCUT2D eigenvalue weighted by Crippen LogP contribution is -2.32. The van der Waals surface area contributed by atoms with Crippen LogP contribution in [0.1, 0.15) is 51.0 Å². The predicted molar refractivity (Wildman–Crippen MR) is 80.2 cm³/mol. The maximum Gasteiger partial charge on any atom is 0.222 e. The number of nitrogens with zero attached hydrogens (tertiary/aromatic N) is 1. The minimum atomic E-state index is 0.0576. The Morgan fingerprint density at radius 3 is 2.74 bits per heavy atom. The van der Waals surface area contributed by atoms with Crippen LogP contribution in [-0.2, 0) is 4.79 Å². The van der Waals surface area contributed by atoms with E-state index in [4.69, 9.17) is 5.73 Å². The van der Waals surface area contributed by atoms with Crippen molar-refractivity contribution < 1.29 is 4.79 Å². The third-order valence-electron chi connectivity index (χ3n) is 3.20. The molecule has 108 valence electrons. The third-order valence-corrected chi connectivity index (χ3v) is 4.21. The lowest BCUT2D eigenvalue weighted by Gasteiger charge is -2.15. The molecule has 0 aliphatic rings. The van der Waals surface area contributed by atoms with Crippen LogP contribution in [0.4, 0.5) is 0 Å². The highest BCUT2D eigenvalue weighted by Gasteiger charge is 2.15. The van der Waals surface area contributed by atoms with Gasteiger partial charge in [0, 0.05) is 36.0 Å². The highest BCUT2D eigenvalue weighted by atomic mass is 32.1. The van der Waals surface area contributed by atoms with Gasteiger partial charge in [0.25, 0.3) is 0 Å². The molecule has 5 heteroatoms. The van der Waals surface area contributed by atoms with E-state index in [-0.39, 0.29) is 23.8 Å². The van der Waals surface area contributed by atoms with Crippen LogP contribution in [0.3, 0.4) is 0 Å². The smallest absolute Gasteiger partial charge is 0.222 e. The maximum absolute atomic E-state index is 11.9. The quantitative estimate of drug-likeness (QED) is 0.770. The van der Waals surface area contributed by atoms with Crippen molar-refractivity contribution in [2.24, 2.45) is 11.7 Å². The van der Waals surface area contributed by atoms with Gasteiger partial charge >= 0.3 is 0 Å². The zero-order chi connectivity index (χ0) is 14.3. The molecule has 0 aromatic carbocycles. The molecule has 1 heterocycles. The Kier molecular flexibility index (Phi) is 7.02. The van der Waals surface area contributed by atoms with Gasteiger partial charge in [-0.3, -0.25) is 4.79 Å². The summed E-state index contributed by atoms with van der Waals surface area (Å²) in [5.41, 5.74) is 5.70. The Balaban J connectivity index is 2.23. The number of nitrogens with two attached hydrogens (primary N) is 1. The lowest BCUT2D eigenvalue weighted by molar-refractivity contribution is -0.124. The van der Waals surface area contributed by atoms with Crippen molar-refractivity contribution in [1.82, 2.24) is 10.3 Å². The molecule has 0 saturated carbocycles. The summed E-state index contributed by atoms with van der Waals surface area (Å²) in [4.78, 5) is 16.2. The van der Waals surface area contributed by atoms with Crippen LogP contribution in [-0.4, -0.2) is 23.5 Å². The van der Waals surface area contributed by atoms with Gasteiger partial charge in [-0.1, -0.05) is 20.3 Å². The van der Waals surface area contributed by atoms with Crippen LogP contribution in [0.25, 0.3) is 0 Å². The standard InChI is InChI=1S/C14H25N3OS/c1-10(5-4-6-12(3)15)13(18)17-9-11(2)14-16-7-8-19-14/h7-8,10-12H,4-6,9,15H2,1-3H3,(H,17,18). The van der Waals surface area contributed by atoms with Gasteiger partial charge in [-0.2, -0.15) is 0 Å². The average molecular weight is 283 g/mol. The van der Waals surface area contributed by atoms with Crippen molar-refractivity contribution in [3.05, 3.63) is 16.6 Å². The van der Waals surface area contributed by atoms with Crippen LogP contribution in [0, 0.1) is 5.92 Å². The summed E-state index contributed by atoms with van der Waals surface area (Å²) >= 11 is 1.63. The van der Waals surface area contributed by atoms with Gasteiger partial charge in [0.1, 0.15) is 0 Å². The molecule has 3 unspecified atom stereocenters. The van der Waals surface area contributed by atoms with Crippen LogP contribution < -0.4 is 11.1 Å². The van der Waals surface area contributed by atoms with Gasteiger partial charge in [-0.05, 0) is 19.8 Å². The molecule has 4 nitrogen and oxygen atoms in total. The van der Waals surface area contributed by atoms with Crippen molar-refractivity contribution in [2.45, 2.75) is 52.0 Å². The van der Waals surface area contributed by atoms with Gasteiger partial charge in [-0.15, -0.1) is 11.3 Å². The molecule has 3 N–H and O–H groups in total. The van der Waals surface area contributed by atoms with Crippen molar-refractivity contribution in [3.63, 3.8) is 0 Å². The first-order chi connectivity index (χ1) is 9.00. The van der Waals surface area contributed by atoms with Crippen LogP contribution in [0.5, 0.6) is 0 Å². The highest BCUT2D eigenvalue weighted by molar-refractivity contribution is 7.09. The third kappa shape index (κ3) is 6.16. The van der Waals surface area contributed by atoms with Gasteiger partial charge in [0.15, 0.2) is 0 Å². The normalized spacial score (nSPS) is 15.8. The summed E-state index contributed by atoms with van der Waals surface area (Å²) < 4.78 is 0. The summed E-state index contributed by atoms with van der Waals surface area (Å²) in [6.45, 7) is 6.72. The molecule has 0 fully saturated rings.